The first-order chi connectivity index (χ1) is 13.9. The van der Waals surface area contributed by atoms with Crippen LogP contribution in [0.3, 0.4) is 0 Å². The molecule has 0 saturated carbocycles. The first kappa shape index (κ1) is 20.9. The fourth-order valence-electron chi connectivity index (χ4n) is 2.87. The van der Waals surface area contributed by atoms with Gasteiger partial charge >= 0.3 is 0 Å². The molecule has 0 aliphatic rings. The van der Waals surface area contributed by atoms with E-state index in [1.54, 1.807) is 13.3 Å². The van der Waals surface area contributed by atoms with Crippen LogP contribution in [-0.4, -0.2) is 31.3 Å². The van der Waals surface area contributed by atoms with Crippen LogP contribution in [-0.2, 0) is 18.1 Å². The van der Waals surface area contributed by atoms with Crippen molar-refractivity contribution in [2.75, 3.05) is 13.7 Å². The molecule has 3 rings (SSSR count). The molecule has 2 heterocycles. The normalized spacial score (nSPS) is 11.4. The highest BCUT2D eigenvalue weighted by molar-refractivity contribution is 6.76. The maximum atomic E-state index is 9.49. The number of pyridine rings is 1. The van der Waals surface area contributed by atoms with E-state index >= 15 is 0 Å². The van der Waals surface area contributed by atoms with Crippen LogP contribution in [0.25, 0.3) is 11.0 Å². The number of nitrogens with zero attached hydrogens (tertiary/aromatic N) is 3. The molecule has 3 aromatic rings. The molecule has 0 atom stereocenters. The Kier molecular flexibility index (Phi) is 6.57. The van der Waals surface area contributed by atoms with Gasteiger partial charge < -0.3 is 18.8 Å². The summed E-state index contributed by atoms with van der Waals surface area (Å²) >= 11 is 0. The largest absolute Gasteiger partial charge is 0.497 e. The molecular weight excluding hydrogens is 382 g/mol. The number of hydrogen-bond acceptors (Lipinski definition) is 5. The van der Waals surface area contributed by atoms with Gasteiger partial charge in [0.2, 0.25) is 0 Å². The fraction of sp³-hybridized carbons (Fsp3) is 0.364. The Morgan fingerprint density at radius 3 is 2.55 bits per heavy atom. The summed E-state index contributed by atoms with van der Waals surface area (Å²) in [6, 6.07) is 12.9. The zero-order valence-corrected chi connectivity index (χ0v) is 18.4. The van der Waals surface area contributed by atoms with Crippen LogP contribution in [0, 0.1) is 11.3 Å². The van der Waals surface area contributed by atoms with Crippen LogP contribution >= 0.6 is 0 Å². The third-order valence-corrected chi connectivity index (χ3v) is 6.33. The Morgan fingerprint density at radius 2 is 1.90 bits per heavy atom. The van der Waals surface area contributed by atoms with Gasteiger partial charge in [-0.3, -0.25) is 0 Å². The molecule has 0 spiro atoms. The predicted molar refractivity (Wildman–Crippen MR) is 116 cm³/mol. The smallest absolute Gasteiger partial charge is 0.150 e. The molecule has 0 N–H and O–H groups in total. The summed E-state index contributed by atoms with van der Waals surface area (Å²) in [4.78, 5) is 4.45. The van der Waals surface area contributed by atoms with Crippen LogP contribution in [0.1, 0.15) is 11.1 Å². The van der Waals surface area contributed by atoms with Crippen molar-refractivity contribution < 1.29 is 14.2 Å². The summed E-state index contributed by atoms with van der Waals surface area (Å²) in [5, 5.41) is 10.3. The van der Waals surface area contributed by atoms with Gasteiger partial charge in [-0.2, -0.15) is 5.26 Å². The van der Waals surface area contributed by atoms with Crippen LogP contribution < -0.4 is 9.47 Å². The molecule has 1 aromatic carbocycles. The highest BCUT2D eigenvalue weighted by atomic mass is 28.3. The monoisotopic (exact) mass is 409 g/mol. The van der Waals surface area contributed by atoms with E-state index in [0.29, 0.717) is 24.7 Å². The molecule has 0 bridgehead atoms. The first-order valence-electron chi connectivity index (χ1n) is 9.63. The van der Waals surface area contributed by atoms with E-state index in [1.165, 1.54) is 0 Å². The van der Waals surface area contributed by atoms with Crippen molar-refractivity contribution in [3.05, 3.63) is 53.9 Å². The Morgan fingerprint density at radius 1 is 1.14 bits per heavy atom. The van der Waals surface area contributed by atoms with E-state index in [1.807, 2.05) is 41.1 Å². The highest BCUT2D eigenvalue weighted by Crippen LogP contribution is 2.30. The van der Waals surface area contributed by atoms with Gasteiger partial charge in [0.1, 0.15) is 42.1 Å². The third kappa shape index (κ3) is 5.37. The predicted octanol–water partition coefficient (Wildman–Crippen LogP) is 4.81. The maximum absolute atomic E-state index is 9.49. The zero-order chi connectivity index (χ0) is 20.9. The fourth-order valence-corrected chi connectivity index (χ4v) is 3.63. The lowest BCUT2D eigenvalue weighted by molar-refractivity contribution is 0.0899. The van der Waals surface area contributed by atoms with Crippen molar-refractivity contribution in [1.82, 2.24) is 9.55 Å². The summed E-state index contributed by atoms with van der Waals surface area (Å²) in [6.45, 7) is 8.53. The number of aromatic nitrogens is 2. The lowest BCUT2D eigenvalue weighted by Gasteiger charge is -2.15. The Bertz CT molecular complexity index is 1000. The summed E-state index contributed by atoms with van der Waals surface area (Å²) < 4.78 is 19.0. The van der Waals surface area contributed by atoms with Crippen LogP contribution in [0.2, 0.25) is 25.7 Å². The molecule has 2 aromatic heterocycles. The molecule has 0 fully saturated rings. The molecule has 0 saturated heterocycles. The molecule has 6 nitrogen and oxygen atoms in total. The van der Waals surface area contributed by atoms with E-state index in [-0.39, 0.29) is 0 Å². The van der Waals surface area contributed by atoms with Crippen molar-refractivity contribution in [2.24, 2.45) is 0 Å². The summed E-state index contributed by atoms with van der Waals surface area (Å²) in [7, 11) is 0.520. The zero-order valence-electron chi connectivity index (χ0n) is 17.4. The molecule has 29 heavy (non-hydrogen) atoms. The van der Waals surface area contributed by atoms with Crippen LogP contribution in [0.5, 0.6) is 11.5 Å². The average molecular weight is 410 g/mol. The number of hydrogen-bond donors (Lipinski definition) is 0. The molecule has 0 radical (unpaired) electrons. The van der Waals surface area contributed by atoms with Gasteiger partial charge in [0.05, 0.1) is 18.7 Å². The van der Waals surface area contributed by atoms with Gasteiger partial charge in [-0.05, 0) is 29.8 Å². The number of benzene rings is 1. The molecule has 0 aliphatic heterocycles. The van der Waals surface area contributed by atoms with Gasteiger partial charge in [0.25, 0.3) is 0 Å². The number of methoxy groups -OCH3 is 1. The molecule has 0 unspecified atom stereocenters. The van der Waals surface area contributed by atoms with Crippen LogP contribution in [0.4, 0.5) is 0 Å². The van der Waals surface area contributed by atoms with E-state index in [2.05, 4.69) is 30.7 Å². The molecular formula is C22H27N3O3Si. The maximum Gasteiger partial charge on any atom is 0.150 e. The second-order valence-electron chi connectivity index (χ2n) is 8.12. The highest BCUT2D eigenvalue weighted by Gasteiger charge is 2.15. The topological polar surface area (TPSA) is 69.3 Å². The second kappa shape index (κ2) is 9.12. The standard InChI is InChI=1S/C22H27N3O3Si/c1-26-19-7-5-17(6-8-19)15-28-21-18(13-23)14-24-22-20(21)9-10-25(22)16-27-11-12-29(2,3)4/h5-10,14H,11-12,15-16H2,1-4H3. The minimum atomic E-state index is -1.12. The SMILES string of the molecule is COc1ccc(COc2c(C#N)cnc3c2ccn3COCC[Si](C)(C)C)cc1. The van der Waals surface area contributed by atoms with E-state index in [9.17, 15) is 5.26 Å². The number of fused-ring (bicyclic) bond motifs is 1. The second-order valence-corrected chi connectivity index (χ2v) is 13.7. The molecule has 0 amide bonds. The molecule has 152 valence electrons. The van der Waals surface area contributed by atoms with Crippen molar-refractivity contribution >= 4 is 19.1 Å². The Balaban J connectivity index is 1.75. The Hall–Kier alpha value is -2.82. The lowest BCUT2D eigenvalue weighted by atomic mass is 10.2. The van der Waals surface area contributed by atoms with Crippen molar-refractivity contribution in [3.8, 4) is 17.6 Å². The summed E-state index contributed by atoms with van der Waals surface area (Å²) in [6.07, 6.45) is 3.48. The van der Waals surface area contributed by atoms with Gasteiger partial charge in [0, 0.05) is 20.9 Å². The Labute approximate surface area is 172 Å². The number of nitriles is 1. The van der Waals surface area contributed by atoms with E-state index in [0.717, 1.165) is 35.0 Å². The van der Waals surface area contributed by atoms with Crippen LogP contribution in [0.15, 0.2) is 42.7 Å². The van der Waals surface area contributed by atoms with Gasteiger partial charge in [-0.25, -0.2) is 4.98 Å². The van der Waals surface area contributed by atoms with E-state index in [4.69, 9.17) is 14.2 Å². The summed E-state index contributed by atoms with van der Waals surface area (Å²) in [5.41, 5.74) is 2.17. The number of ether oxygens (including phenoxy) is 3. The quantitative estimate of drug-likeness (QED) is 0.375. The molecule has 0 aliphatic carbocycles. The van der Waals surface area contributed by atoms with Gasteiger partial charge in [-0.15, -0.1) is 0 Å². The number of rotatable bonds is 9. The van der Waals surface area contributed by atoms with Crippen molar-refractivity contribution in [3.63, 3.8) is 0 Å². The minimum Gasteiger partial charge on any atom is -0.497 e. The third-order valence-electron chi connectivity index (χ3n) is 4.63. The first-order valence-corrected chi connectivity index (χ1v) is 13.3. The van der Waals surface area contributed by atoms with Gasteiger partial charge in [0.15, 0.2) is 0 Å². The van der Waals surface area contributed by atoms with Crippen molar-refractivity contribution in [1.29, 1.82) is 5.26 Å². The average Bonchev–Trinajstić information content (AvgIpc) is 3.12. The van der Waals surface area contributed by atoms with E-state index < -0.39 is 8.07 Å². The lowest BCUT2D eigenvalue weighted by Crippen LogP contribution is -2.22. The minimum absolute atomic E-state index is 0.357. The summed E-state index contributed by atoms with van der Waals surface area (Å²) in [5.74, 6) is 1.35. The van der Waals surface area contributed by atoms with Crippen molar-refractivity contribution in [2.45, 2.75) is 39.0 Å². The molecule has 7 heteroatoms. The van der Waals surface area contributed by atoms with Gasteiger partial charge in [-0.1, -0.05) is 31.8 Å².